The molecule has 0 radical (unpaired) electrons. The molecule has 138 valence electrons. The van der Waals surface area contributed by atoms with Gasteiger partial charge >= 0.3 is 0 Å². The van der Waals surface area contributed by atoms with Crippen LogP contribution in [-0.4, -0.2) is 62.8 Å². The standard InChI is InChI=1S/C20H21N5O2/c1-3-23(4-2)10-11-24-19(26)16-7-5-6-14-12-15(25-9-8-21-22-25)13-17(18(14)16)20(24)27/h5-9,12-13H,3-4,10-11H2,1-2H3. The van der Waals surface area contributed by atoms with Crippen molar-refractivity contribution < 1.29 is 9.59 Å². The van der Waals surface area contributed by atoms with Gasteiger partial charge in [0, 0.05) is 24.0 Å². The van der Waals surface area contributed by atoms with Crippen molar-refractivity contribution in [2.24, 2.45) is 0 Å². The van der Waals surface area contributed by atoms with E-state index in [1.807, 2.05) is 18.2 Å². The Morgan fingerprint density at radius 2 is 1.81 bits per heavy atom. The maximum Gasteiger partial charge on any atom is 0.261 e. The molecule has 0 bridgehead atoms. The fourth-order valence-corrected chi connectivity index (χ4v) is 3.60. The topological polar surface area (TPSA) is 71.3 Å². The summed E-state index contributed by atoms with van der Waals surface area (Å²) in [5.74, 6) is -0.475. The maximum atomic E-state index is 13.2. The van der Waals surface area contributed by atoms with Gasteiger partial charge in [0.25, 0.3) is 11.8 Å². The first-order valence-corrected chi connectivity index (χ1v) is 9.16. The lowest BCUT2D eigenvalue weighted by Gasteiger charge is -2.29. The highest BCUT2D eigenvalue weighted by Crippen LogP contribution is 2.32. The monoisotopic (exact) mass is 363 g/mol. The molecule has 1 aromatic heterocycles. The molecule has 0 saturated heterocycles. The first-order chi connectivity index (χ1) is 13.1. The SMILES string of the molecule is CCN(CC)CCN1C(=O)c2cccc3cc(-n4ccnn4)cc(c23)C1=O. The van der Waals surface area contributed by atoms with Gasteiger partial charge in [-0.3, -0.25) is 14.5 Å². The number of amides is 2. The summed E-state index contributed by atoms with van der Waals surface area (Å²) in [4.78, 5) is 29.7. The summed E-state index contributed by atoms with van der Waals surface area (Å²) < 4.78 is 1.62. The Kier molecular flexibility index (Phi) is 4.45. The first kappa shape index (κ1) is 17.4. The van der Waals surface area contributed by atoms with Crippen molar-refractivity contribution in [3.05, 3.63) is 53.9 Å². The Bertz CT molecular complexity index is 1010. The van der Waals surface area contributed by atoms with Gasteiger partial charge in [0.05, 0.1) is 23.6 Å². The average molecular weight is 363 g/mol. The molecule has 2 heterocycles. The van der Waals surface area contributed by atoms with E-state index >= 15 is 0 Å². The van der Waals surface area contributed by atoms with Crippen molar-refractivity contribution in [1.29, 1.82) is 0 Å². The maximum absolute atomic E-state index is 13.2. The van der Waals surface area contributed by atoms with Crippen LogP contribution in [0.1, 0.15) is 34.6 Å². The minimum Gasteiger partial charge on any atom is -0.302 e. The van der Waals surface area contributed by atoms with Gasteiger partial charge in [-0.25, -0.2) is 4.68 Å². The molecule has 7 nitrogen and oxygen atoms in total. The van der Waals surface area contributed by atoms with E-state index in [-0.39, 0.29) is 11.8 Å². The quantitative estimate of drug-likeness (QED) is 0.629. The van der Waals surface area contributed by atoms with Gasteiger partial charge < -0.3 is 4.90 Å². The number of likely N-dealkylation sites (N-methyl/N-ethyl adjacent to an activating group) is 1. The zero-order chi connectivity index (χ0) is 19.0. The van der Waals surface area contributed by atoms with Crippen LogP contribution in [-0.2, 0) is 0 Å². The van der Waals surface area contributed by atoms with Crippen LogP contribution >= 0.6 is 0 Å². The number of aromatic nitrogens is 3. The third kappa shape index (κ3) is 2.90. The molecular weight excluding hydrogens is 342 g/mol. The van der Waals surface area contributed by atoms with E-state index in [1.54, 1.807) is 29.2 Å². The largest absolute Gasteiger partial charge is 0.302 e. The highest BCUT2D eigenvalue weighted by atomic mass is 16.2. The molecule has 0 fully saturated rings. The predicted octanol–water partition coefficient (Wildman–Crippen LogP) is 2.36. The minimum atomic E-state index is -0.252. The van der Waals surface area contributed by atoms with E-state index in [9.17, 15) is 9.59 Å². The lowest BCUT2D eigenvalue weighted by atomic mass is 9.93. The van der Waals surface area contributed by atoms with E-state index in [2.05, 4.69) is 29.1 Å². The summed E-state index contributed by atoms with van der Waals surface area (Å²) in [5.41, 5.74) is 1.86. The van der Waals surface area contributed by atoms with E-state index in [1.165, 1.54) is 4.90 Å². The summed E-state index contributed by atoms with van der Waals surface area (Å²) in [6, 6.07) is 9.26. The molecule has 27 heavy (non-hydrogen) atoms. The number of imide groups is 1. The molecule has 1 aliphatic heterocycles. The molecule has 4 rings (SSSR count). The smallest absolute Gasteiger partial charge is 0.261 e. The lowest BCUT2D eigenvalue weighted by molar-refractivity contribution is 0.0594. The van der Waals surface area contributed by atoms with Crippen LogP contribution in [0.15, 0.2) is 42.7 Å². The van der Waals surface area contributed by atoms with Crippen molar-refractivity contribution in [3.8, 4) is 5.69 Å². The zero-order valence-corrected chi connectivity index (χ0v) is 15.4. The molecular formula is C20H21N5O2. The van der Waals surface area contributed by atoms with E-state index in [4.69, 9.17) is 0 Å². The Labute approximate surface area is 157 Å². The zero-order valence-electron chi connectivity index (χ0n) is 15.4. The summed E-state index contributed by atoms with van der Waals surface area (Å²) in [6.45, 7) is 6.96. The Morgan fingerprint density at radius 1 is 1.04 bits per heavy atom. The van der Waals surface area contributed by atoms with Crippen LogP contribution in [0.2, 0.25) is 0 Å². The first-order valence-electron chi connectivity index (χ1n) is 9.16. The average Bonchev–Trinajstić information content (AvgIpc) is 3.23. The van der Waals surface area contributed by atoms with Crippen LogP contribution in [0, 0.1) is 0 Å². The van der Waals surface area contributed by atoms with E-state index in [0.717, 1.165) is 29.5 Å². The summed E-state index contributed by atoms with van der Waals surface area (Å²) in [7, 11) is 0. The number of hydrogen-bond donors (Lipinski definition) is 0. The highest BCUT2D eigenvalue weighted by Gasteiger charge is 2.33. The van der Waals surface area contributed by atoms with Gasteiger partial charge in [0.1, 0.15) is 0 Å². The third-order valence-electron chi connectivity index (χ3n) is 5.13. The number of nitrogens with zero attached hydrogens (tertiary/aromatic N) is 5. The number of carbonyl (C=O) groups excluding carboxylic acids is 2. The van der Waals surface area contributed by atoms with Crippen molar-refractivity contribution >= 4 is 22.6 Å². The van der Waals surface area contributed by atoms with E-state index < -0.39 is 0 Å². The van der Waals surface area contributed by atoms with Crippen molar-refractivity contribution in [2.75, 3.05) is 26.2 Å². The fourth-order valence-electron chi connectivity index (χ4n) is 3.60. The van der Waals surface area contributed by atoms with Crippen LogP contribution < -0.4 is 0 Å². The predicted molar refractivity (Wildman–Crippen MR) is 102 cm³/mol. The van der Waals surface area contributed by atoms with Crippen molar-refractivity contribution in [3.63, 3.8) is 0 Å². The van der Waals surface area contributed by atoms with Gasteiger partial charge in [-0.1, -0.05) is 31.2 Å². The van der Waals surface area contributed by atoms with Gasteiger partial charge in [-0.15, -0.1) is 5.10 Å². The van der Waals surface area contributed by atoms with Crippen molar-refractivity contribution in [1.82, 2.24) is 24.8 Å². The highest BCUT2D eigenvalue weighted by molar-refractivity contribution is 6.25. The van der Waals surface area contributed by atoms with Crippen LogP contribution in [0.3, 0.4) is 0 Å². The van der Waals surface area contributed by atoms with Gasteiger partial charge in [-0.2, -0.15) is 0 Å². The second kappa shape index (κ2) is 6.92. The van der Waals surface area contributed by atoms with Gasteiger partial charge in [0.15, 0.2) is 0 Å². The van der Waals surface area contributed by atoms with Gasteiger partial charge in [-0.05, 0) is 36.7 Å². The summed E-state index contributed by atoms with van der Waals surface area (Å²) in [5, 5.41) is 9.42. The molecule has 0 unspecified atom stereocenters. The Morgan fingerprint density at radius 3 is 2.52 bits per heavy atom. The summed E-state index contributed by atoms with van der Waals surface area (Å²) >= 11 is 0. The van der Waals surface area contributed by atoms with E-state index in [0.29, 0.717) is 24.2 Å². The van der Waals surface area contributed by atoms with Crippen molar-refractivity contribution in [2.45, 2.75) is 13.8 Å². The molecule has 1 aliphatic rings. The molecule has 0 N–H and O–H groups in total. The number of hydrogen-bond acceptors (Lipinski definition) is 5. The normalized spacial score (nSPS) is 13.8. The molecule has 2 aromatic carbocycles. The molecule has 2 amide bonds. The minimum absolute atomic E-state index is 0.223. The third-order valence-corrected chi connectivity index (χ3v) is 5.13. The van der Waals surface area contributed by atoms with Crippen LogP contribution in [0.25, 0.3) is 16.5 Å². The lowest BCUT2D eigenvalue weighted by Crippen LogP contribution is -2.44. The second-order valence-electron chi connectivity index (χ2n) is 6.53. The molecule has 0 saturated carbocycles. The molecule has 0 spiro atoms. The molecule has 0 atom stereocenters. The van der Waals surface area contributed by atoms with Crippen LogP contribution in [0.4, 0.5) is 0 Å². The number of benzene rings is 2. The molecule has 3 aromatic rings. The Hall–Kier alpha value is -3.06. The molecule has 0 aliphatic carbocycles. The molecule has 7 heteroatoms. The van der Waals surface area contributed by atoms with Gasteiger partial charge in [0.2, 0.25) is 0 Å². The fraction of sp³-hybridized carbons (Fsp3) is 0.300. The second-order valence-corrected chi connectivity index (χ2v) is 6.53. The summed E-state index contributed by atoms with van der Waals surface area (Å²) in [6.07, 6.45) is 3.32. The number of rotatable bonds is 6. The Balaban J connectivity index is 1.79. The number of carbonyl (C=O) groups is 2. The van der Waals surface area contributed by atoms with Crippen LogP contribution in [0.5, 0.6) is 0 Å².